The van der Waals surface area contributed by atoms with Crippen LogP contribution in [0.15, 0.2) is 61.4 Å². The van der Waals surface area contributed by atoms with Crippen LogP contribution in [0.25, 0.3) is 38.9 Å². The lowest BCUT2D eigenvalue weighted by atomic mass is 10.1. The Morgan fingerprint density at radius 3 is 2.66 bits per heavy atom. The Bertz CT molecular complexity index is 1330. The van der Waals surface area contributed by atoms with Crippen molar-refractivity contribution >= 4 is 16.6 Å². The van der Waals surface area contributed by atoms with Crippen LogP contribution in [0.3, 0.4) is 0 Å². The van der Waals surface area contributed by atoms with E-state index in [1.54, 1.807) is 24.8 Å². The number of pyridine rings is 3. The third-order valence-corrected chi connectivity index (χ3v) is 4.76. The van der Waals surface area contributed by atoms with Crippen molar-refractivity contribution in [3.63, 3.8) is 0 Å². The molecule has 7 nitrogen and oxygen atoms in total. The zero-order valence-corrected chi connectivity index (χ0v) is 16.1. The molecule has 5 rings (SSSR count). The van der Waals surface area contributed by atoms with Gasteiger partial charge >= 0.3 is 6.01 Å². The lowest BCUT2D eigenvalue weighted by molar-refractivity contribution is 0.312. The van der Waals surface area contributed by atoms with E-state index in [9.17, 15) is 0 Å². The van der Waals surface area contributed by atoms with Crippen molar-refractivity contribution in [2.24, 2.45) is 0 Å². The Morgan fingerprint density at radius 1 is 0.966 bits per heavy atom. The Labute approximate surface area is 167 Å². The molecule has 0 atom stereocenters. The van der Waals surface area contributed by atoms with Crippen LogP contribution < -0.4 is 4.74 Å². The highest BCUT2D eigenvalue weighted by Crippen LogP contribution is 2.30. The lowest BCUT2D eigenvalue weighted by Crippen LogP contribution is -1.97. The van der Waals surface area contributed by atoms with Crippen molar-refractivity contribution in [3.8, 4) is 28.4 Å². The van der Waals surface area contributed by atoms with Crippen molar-refractivity contribution in [2.45, 2.75) is 13.8 Å². The number of hydrogen-bond acceptors (Lipinski definition) is 6. The summed E-state index contributed by atoms with van der Waals surface area (Å²) in [7, 11) is 0. The molecule has 0 aliphatic heterocycles. The highest BCUT2D eigenvalue weighted by atomic mass is 16.5. The van der Waals surface area contributed by atoms with E-state index in [0.29, 0.717) is 12.6 Å². The number of ether oxygens (including phenoxy) is 1. The molecule has 0 N–H and O–H groups in total. The Balaban J connectivity index is 1.60. The first-order valence-electron chi connectivity index (χ1n) is 9.37. The number of rotatable bonds is 4. The first kappa shape index (κ1) is 17.2. The molecule has 0 radical (unpaired) electrons. The van der Waals surface area contributed by atoms with Crippen molar-refractivity contribution in [2.75, 3.05) is 6.61 Å². The second-order valence-electron chi connectivity index (χ2n) is 6.68. The molecule has 0 saturated heterocycles. The van der Waals surface area contributed by atoms with E-state index in [0.717, 1.165) is 44.6 Å². The largest absolute Gasteiger partial charge is 0.464 e. The van der Waals surface area contributed by atoms with Gasteiger partial charge in [-0.2, -0.15) is 0 Å². The molecule has 5 aromatic heterocycles. The van der Waals surface area contributed by atoms with Crippen molar-refractivity contribution in [1.82, 2.24) is 29.3 Å². The molecule has 29 heavy (non-hydrogen) atoms. The molecule has 7 heteroatoms. The van der Waals surface area contributed by atoms with Gasteiger partial charge in [-0.05, 0) is 43.7 Å². The first-order chi connectivity index (χ1) is 14.2. The fraction of sp³-hybridized carbons (Fsp3) is 0.136. The summed E-state index contributed by atoms with van der Waals surface area (Å²) in [5.74, 6) is 0. The minimum atomic E-state index is 0.384. The molecule has 0 bridgehead atoms. The highest BCUT2D eigenvalue weighted by molar-refractivity contribution is 5.93. The van der Waals surface area contributed by atoms with Crippen LogP contribution >= 0.6 is 0 Å². The van der Waals surface area contributed by atoms with E-state index in [1.165, 1.54) is 0 Å². The second kappa shape index (κ2) is 6.94. The van der Waals surface area contributed by atoms with Gasteiger partial charge in [0.05, 0.1) is 30.2 Å². The number of imidazole rings is 1. The fourth-order valence-corrected chi connectivity index (χ4v) is 3.45. The van der Waals surface area contributed by atoms with Crippen molar-refractivity contribution in [3.05, 3.63) is 67.1 Å². The van der Waals surface area contributed by atoms with Gasteiger partial charge in [0.2, 0.25) is 0 Å². The van der Waals surface area contributed by atoms with Crippen molar-refractivity contribution in [1.29, 1.82) is 0 Å². The van der Waals surface area contributed by atoms with Gasteiger partial charge in [-0.25, -0.2) is 15.0 Å². The molecule has 0 unspecified atom stereocenters. The summed E-state index contributed by atoms with van der Waals surface area (Å²) in [5, 5.41) is 1.05. The monoisotopic (exact) mass is 382 g/mol. The van der Waals surface area contributed by atoms with Crippen LogP contribution in [-0.4, -0.2) is 35.9 Å². The summed E-state index contributed by atoms with van der Waals surface area (Å²) < 4.78 is 7.39. The molecule has 0 fully saturated rings. The summed E-state index contributed by atoms with van der Waals surface area (Å²) in [5.41, 5.74) is 6.67. The molecule has 5 aromatic rings. The molecule has 0 saturated carbocycles. The van der Waals surface area contributed by atoms with E-state index in [-0.39, 0.29) is 0 Å². The maximum Gasteiger partial charge on any atom is 0.316 e. The van der Waals surface area contributed by atoms with Gasteiger partial charge in [0, 0.05) is 47.0 Å². The molecule has 5 heterocycles. The van der Waals surface area contributed by atoms with Crippen LogP contribution in [0.2, 0.25) is 0 Å². The normalized spacial score (nSPS) is 11.2. The quantitative estimate of drug-likeness (QED) is 0.465. The van der Waals surface area contributed by atoms with Crippen LogP contribution in [0, 0.1) is 6.92 Å². The van der Waals surface area contributed by atoms with Gasteiger partial charge in [-0.3, -0.25) is 14.4 Å². The third-order valence-electron chi connectivity index (χ3n) is 4.76. The standard InChI is InChI=1S/C22H18N6O/c1-3-29-22-25-10-16(11-26-22)15-5-7-28-20(13-24-21(28)9-15)18-8-14(2)27-19-12-23-6-4-17(18)19/h4-13H,3H2,1-2H3. The van der Waals surface area contributed by atoms with Crippen LogP contribution in [0.5, 0.6) is 6.01 Å². The first-order valence-corrected chi connectivity index (χ1v) is 9.37. The molecular formula is C22H18N6O. The fourth-order valence-electron chi connectivity index (χ4n) is 3.45. The highest BCUT2D eigenvalue weighted by Gasteiger charge is 2.12. The maximum atomic E-state index is 5.32. The van der Waals surface area contributed by atoms with Gasteiger partial charge in [0.25, 0.3) is 0 Å². The van der Waals surface area contributed by atoms with Crippen molar-refractivity contribution < 1.29 is 4.74 Å². The molecule has 0 spiro atoms. The minimum absolute atomic E-state index is 0.384. The zero-order chi connectivity index (χ0) is 19.8. The minimum Gasteiger partial charge on any atom is -0.464 e. The zero-order valence-electron chi connectivity index (χ0n) is 16.1. The smallest absolute Gasteiger partial charge is 0.316 e. The molecular weight excluding hydrogens is 364 g/mol. The molecule has 0 aliphatic carbocycles. The van der Waals surface area contributed by atoms with E-state index < -0.39 is 0 Å². The number of hydrogen-bond donors (Lipinski definition) is 0. The Morgan fingerprint density at radius 2 is 1.83 bits per heavy atom. The predicted molar refractivity (Wildman–Crippen MR) is 111 cm³/mol. The number of aromatic nitrogens is 6. The summed E-state index contributed by atoms with van der Waals surface area (Å²) in [4.78, 5) is 21.9. The second-order valence-corrected chi connectivity index (χ2v) is 6.68. The maximum absolute atomic E-state index is 5.32. The van der Waals surface area contributed by atoms with E-state index in [4.69, 9.17) is 4.74 Å². The molecule has 0 aromatic carbocycles. The van der Waals surface area contributed by atoms with Gasteiger partial charge in [0.1, 0.15) is 5.65 Å². The van der Waals surface area contributed by atoms with E-state index >= 15 is 0 Å². The predicted octanol–water partition coefficient (Wildman–Crippen LogP) is 4.11. The van der Waals surface area contributed by atoms with Gasteiger partial charge in [-0.1, -0.05) is 0 Å². The Hall–Kier alpha value is -3.87. The summed E-state index contributed by atoms with van der Waals surface area (Å²) in [6.07, 6.45) is 11.0. The number of aryl methyl sites for hydroxylation is 1. The molecule has 0 amide bonds. The summed E-state index contributed by atoms with van der Waals surface area (Å²) >= 11 is 0. The topological polar surface area (TPSA) is 78.1 Å². The van der Waals surface area contributed by atoms with Crippen LogP contribution in [0.4, 0.5) is 0 Å². The van der Waals surface area contributed by atoms with Crippen LogP contribution in [0.1, 0.15) is 12.6 Å². The average molecular weight is 382 g/mol. The average Bonchev–Trinajstić information content (AvgIpc) is 3.17. The van der Waals surface area contributed by atoms with E-state index in [1.807, 2.05) is 44.4 Å². The molecule has 0 aliphatic rings. The van der Waals surface area contributed by atoms with Gasteiger partial charge in [0.15, 0.2) is 0 Å². The summed E-state index contributed by atoms with van der Waals surface area (Å²) in [6.45, 7) is 4.44. The number of nitrogens with zero attached hydrogens (tertiary/aromatic N) is 6. The number of fused-ring (bicyclic) bond motifs is 2. The third kappa shape index (κ3) is 3.06. The van der Waals surface area contributed by atoms with Crippen LogP contribution in [-0.2, 0) is 0 Å². The molecule has 142 valence electrons. The lowest BCUT2D eigenvalue weighted by Gasteiger charge is -2.08. The summed E-state index contributed by atoms with van der Waals surface area (Å²) in [6, 6.07) is 8.52. The van der Waals surface area contributed by atoms with Gasteiger partial charge < -0.3 is 4.74 Å². The Kier molecular flexibility index (Phi) is 4.13. The van der Waals surface area contributed by atoms with Gasteiger partial charge in [-0.15, -0.1) is 0 Å². The SMILES string of the molecule is CCOc1ncc(-c2ccn3c(-c4cc(C)nc5cnccc45)cnc3c2)cn1. The van der Waals surface area contributed by atoms with E-state index in [2.05, 4.69) is 35.4 Å².